The van der Waals surface area contributed by atoms with Crippen molar-refractivity contribution in [1.82, 2.24) is 0 Å². The zero-order valence-corrected chi connectivity index (χ0v) is 9.21. The maximum atomic E-state index is 11.7. The fourth-order valence-electron chi connectivity index (χ4n) is 1.76. The van der Waals surface area contributed by atoms with E-state index < -0.39 is 28.1 Å². The van der Waals surface area contributed by atoms with Gasteiger partial charge in [0.25, 0.3) is 5.43 Å². The molecule has 0 unspecified atom stereocenters. The van der Waals surface area contributed by atoms with Gasteiger partial charge in [-0.25, -0.2) is 0 Å². The molecule has 0 spiro atoms. The van der Waals surface area contributed by atoms with Crippen molar-refractivity contribution in [3.05, 3.63) is 38.8 Å². The first-order valence-corrected chi connectivity index (χ1v) is 5.12. The molecule has 96 valence electrons. The van der Waals surface area contributed by atoms with Crippen LogP contribution in [0.3, 0.4) is 0 Å². The first-order valence-electron chi connectivity index (χ1n) is 5.12. The van der Waals surface area contributed by atoms with E-state index in [4.69, 9.17) is 8.83 Å². The highest BCUT2D eigenvalue weighted by Crippen LogP contribution is 2.34. The van der Waals surface area contributed by atoms with E-state index in [2.05, 4.69) is 0 Å². The van der Waals surface area contributed by atoms with E-state index in [0.717, 1.165) is 18.4 Å². The highest BCUT2D eigenvalue weighted by Gasteiger charge is 2.21. The van der Waals surface area contributed by atoms with Crippen LogP contribution >= 0.6 is 0 Å². The molecular weight excluding hydrogens is 256 g/mol. The number of hydrogen-bond donors (Lipinski definition) is 3. The van der Waals surface area contributed by atoms with Crippen LogP contribution < -0.4 is 10.9 Å². The second-order valence-corrected chi connectivity index (χ2v) is 3.88. The Labute approximate surface area is 103 Å². The fraction of sp³-hybridized carbons (Fsp3) is 0. The first kappa shape index (κ1) is 11.1. The topological polar surface area (TPSA) is 121 Å². The molecule has 2 heterocycles. The molecule has 1 aliphatic carbocycles. The fourth-order valence-corrected chi connectivity index (χ4v) is 1.76. The van der Waals surface area contributed by atoms with Gasteiger partial charge in [0.2, 0.25) is 16.8 Å². The molecule has 2 aliphatic rings. The lowest BCUT2D eigenvalue weighted by Gasteiger charge is -2.07. The number of phenolic OH excluding ortho intramolecular Hbond substituents is 2. The molecule has 1 aromatic heterocycles. The van der Waals surface area contributed by atoms with Crippen LogP contribution in [0.1, 0.15) is 0 Å². The van der Waals surface area contributed by atoms with Crippen molar-refractivity contribution >= 4 is 11.2 Å². The van der Waals surface area contributed by atoms with Gasteiger partial charge in [0.1, 0.15) is 6.26 Å². The third-order valence-electron chi connectivity index (χ3n) is 2.67. The van der Waals surface area contributed by atoms with E-state index in [-0.39, 0.29) is 22.5 Å². The third-order valence-corrected chi connectivity index (χ3v) is 2.67. The number of phenols is 2. The van der Waals surface area contributed by atoms with Crippen molar-refractivity contribution in [3.63, 3.8) is 0 Å². The summed E-state index contributed by atoms with van der Waals surface area (Å²) < 4.78 is 10.0. The summed E-state index contributed by atoms with van der Waals surface area (Å²) in [5, 5.41) is 28.2. The summed E-state index contributed by atoms with van der Waals surface area (Å²) in [5.41, 5.74) is -2.17. The second-order valence-electron chi connectivity index (χ2n) is 3.88. The summed E-state index contributed by atoms with van der Waals surface area (Å²) in [5.74, 6) is -2.08. The SMILES string of the molecule is O=c1c(O)cc(O)c2oc3c(=O)c(O)coc3cc1-2. The third kappa shape index (κ3) is 1.45. The Balaban J connectivity index is 2.60. The molecule has 0 atom stereocenters. The normalized spacial score (nSPS) is 11.2. The molecule has 1 aliphatic heterocycles. The summed E-state index contributed by atoms with van der Waals surface area (Å²) in [6, 6.07) is 1.96. The molecular formula is C12H6O7. The Kier molecular flexibility index (Phi) is 2.06. The number of fused-ring (bicyclic) bond motifs is 2. The molecule has 7 nitrogen and oxygen atoms in total. The van der Waals surface area contributed by atoms with Gasteiger partial charge in [-0.3, -0.25) is 9.59 Å². The largest absolute Gasteiger partial charge is 0.504 e. The van der Waals surface area contributed by atoms with Gasteiger partial charge in [-0.15, -0.1) is 0 Å². The molecule has 1 aromatic rings. The molecule has 0 amide bonds. The van der Waals surface area contributed by atoms with Crippen molar-refractivity contribution in [2.45, 2.75) is 0 Å². The molecule has 0 saturated heterocycles. The lowest BCUT2D eigenvalue weighted by molar-refractivity contribution is 0.424. The molecule has 7 heteroatoms. The zero-order chi connectivity index (χ0) is 13.7. The molecule has 3 rings (SSSR count). The summed E-state index contributed by atoms with van der Waals surface area (Å²) in [4.78, 5) is 23.3. The molecule has 0 fully saturated rings. The number of benzene rings is 1. The lowest BCUT2D eigenvalue weighted by atomic mass is 10.1. The van der Waals surface area contributed by atoms with Crippen molar-refractivity contribution in [2.24, 2.45) is 0 Å². The van der Waals surface area contributed by atoms with Crippen molar-refractivity contribution < 1.29 is 24.2 Å². The van der Waals surface area contributed by atoms with Crippen LogP contribution in [-0.2, 0) is 0 Å². The van der Waals surface area contributed by atoms with Crippen LogP contribution in [0.4, 0.5) is 0 Å². The Morgan fingerprint density at radius 1 is 0.895 bits per heavy atom. The lowest BCUT2D eigenvalue weighted by Crippen LogP contribution is -2.07. The highest BCUT2D eigenvalue weighted by molar-refractivity contribution is 5.81. The van der Waals surface area contributed by atoms with Crippen molar-refractivity contribution in [1.29, 1.82) is 0 Å². The van der Waals surface area contributed by atoms with Gasteiger partial charge in [-0.2, -0.15) is 0 Å². The number of hydrogen-bond acceptors (Lipinski definition) is 7. The first-order chi connectivity index (χ1) is 8.99. The zero-order valence-electron chi connectivity index (χ0n) is 9.21. The Morgan fingerprint density at radius 2 is 1.63 bits per heavy atom. The van der Waals surface area contributed by atoms with E-state index in [1.54, 1.807) is 0 Å². The molecule has 0 aromatic carbocycles. The van der Waals surface area contributed by atoms with Crippen LogP contribution in [0.25, 0.3) is 22.5 Å². The summed E-state index contributed by atoms with van der Waals surface area (Å²) in [6.45, 7) is 0. The Morgan fingerprint density at radius 3 is 2.37 bits per heavy atom. The molecule has 3 N–H and O–H groups in total. The predicted molar refractivity (Wildman–Crippen MR) is 62.6 cm³/mol. The van der Waals surface area contributed by atoms with Gasteiger partial charge < -0.3 is 24.2 Å². The average molecular weight is 262 g/mol. The molecule has 19 heavy (non-hydrogen) atoms. The number of aromatic hydroxyl groups is 3. The van der Waals surface area contributed by atoms with E-state index in [1.807, 2.05) is 0 Å². The monoisotopic (exact) mass is 262 g/mol. The van der Waals surface area contributed by atoms with E-state index in [9.17, 15) is 24.9 Å². The van der Waals surface area contributed by atoms with E-state index in [1.165, 1.54) is 0 Å². The summed E-state index contributed by atoms with van der Waals surface area (Å²) in [6.07, 6.45) is 0.805. The van der Waals surface area contributed by atoms with Crippen LogP contribution in [0, 0.1) is 0 Å². The standard InChI is InChI=1S/C12H6O7/c13-5-2-6(14)11-4(9(5)16)1-8-12(19-11)10(17)7(15)3-18-8/h1-3,13-15H. The van der Waals surface area contributed by atoms with Crippen LogP contribution in [0.5, 0.6) is 17.2 Å². The average Bonchev–Trinajstić information content (AvgIpc) is 2.39. The Bertz CT molecular complexity index is 887. The molecule has 0 bridgehead atoms. The predicted octanol–water partition coefficient (Wildman–Crippen LogP) is 0.968. The quantitative estimate of drug-likeness (QED) is 0.516. The maximum absolute atomic E-state index is 11.7. The minimum Gasteiger partial charge on any atom is -0.504 e. The van der Waals surface area contributed by atoms with E-state index in [0.29, 0.717) is 0 Å². The van der Waals surface area contributed by atoms with Gasteiger partial charge in [-0.1, -0.05) is 0 Å². The summed E-state index contributed by atoms with van der Waals surface area (Å²) >= 11 is 0. The van der Waals surface area contributed by atoms with Gasteiger partial charge in [-0.05, 0) is 6.07 Å². The second kappa shape index (κ2) is 3.52. The van der Waals surface area contributed by atoms with Crippen LogP contribution in [-0.4, -0.2) is 15.3 Å². The van der Waals surface area contributed by atoms with Gasteiger partial charge in [0, 0.05) is 6.07 Å². The van der Waals surface area contributed by atoms with Gasteiger partial charge in [0.05, 0.1) is 5.56 Å². The summed E-state index contributed by atoms with van der Waals surface area (Å²) in [7, 11) is 0. The van der Waals surface area contributed by atoms with Gasteiger partial charge >= 0.3 is 0 Å². The van der Waals surface area contributed by atoms with Crippen molar-refractivity contribution in [3.8, 4) is 28.6 Å². The van der Waals surface area contributed by atoms with Crippen LogP contribution in [0.15, 0.2) is 36.8 Å². The van der Waals surface area contributed by atoms with E-state index >= 15 is 0 Å². The molecule has 0 saturated carbocycles. The number of rotatable bonds is 0. The smallest absolute Gasteiger partial charge is 0.269 e. The Hall–Kier alpha value is -2.96. The van der Waals surface area contributed by atoms with Crippen molar-refractivity contribution in [2.75, 3.05) is 0 Å². The minimum atomic E-state index is -0.830. The maximum Gasteiger partial charge on any atom is 0.269 e. The van der Waals surface area contributed by atoms with Gasteiger partial charge in [0.15, 0.2) is 22.8 Å². The highest BCUT2D eigenvalue weighted by atomic mass is 16.4. The minimum absolute atomic E-state index is 0.0857. The molecule has 0 radical (unpaired) electrons. The van der Waals surface area contributed by atoms with Crippen LogP contribution in [0.2, 0.25) is 0 Å².